The Morgan fingerprint density at radius 2 is 2.00 bits per heavy atom. The molecule has 2 saturated heterocycles. The van der Waals surface area contributed by atoms with Gasteiger partial charge in [0.05, 0.1) is 25.2 Å². The monoisotopic (exact) mass is 569 g/mol. The molecule has 4 rings (SSSR count). The van der Waals surface area contributed by atoms with Gasteiger partial charge in [0.15, 0.2) is 6.10 Å². The number of phosphoric ester groups is 1. The number of rotatable bonds is 10. The Labute approximate surface area is 223 Å². The minimum atomic E-state index is -4.40. The standard InChI is InChI=1S/C25H30F2N3O8P/c1-15(2)36-22(31)16(3)11-13-34-39(33)35-14-19-21(38-39)25(26,27)23(37-19)30-12-10-20(29-24(30)32)28-17(4)18-8-6-5-7-9-18/h5-10,12,15-16,19,21,23H,4,11,13-14H2,1-3H3,(H,28,29,32)/t16-,19-,21-,23-,39?/m1/s1. The normalized spacial score (nSPS) is 26.6. The molecular formula is C25H30F2N3O8P. The van der Waals surface area contributed by atoms with E-state index in [1.807, 2.05) is 18.2 Å². The number of fused-ring (bicyclic) bond motifs is 1. The van der Waals surface area contributed by atoms with Crippen molar-refractivity contribution in [3.8, 4) is 0 Å². The van der Waals surface area contributed by atoms with Crippen molar-refractivity contribution in [3.05, 3.63) is 65.2 Å². The highest BCUT2D eigenvalue weighted by Crippen LogP contribution is 2.59. The lowest BCUT2D eigenvalue weighted by atomic mass is 10.1. The average Bonchev–Trinajstić information content (AvgIpc) is 3.13. The summed E-state index contributed by atoms with van der Waals surface area (Å²) in [7, 11) is -4.40. The molecule has 3 heterocycles. The van der Waals surface area contributed by atoms with E-state index in [-0.39, 0.29) is 24.9 Å². The predicted octanol–water partition coefficient (Wildman–Crippen LogP) is 4.38. The van der Waals surface area contributed by atoms with E-state index in [0.717, 1.165) is 11.8 Å². The number of anilines is 1. The Morgan fingerprint density at radius 3 is 2.67 bits per heavy atom. The lowest BCUT2D eigenvalue weighted by Gasteiger charge is -2.31. The Bertz CT molecular complexity index is 1310. The van der Waals surface area contributed by atoms with Crippen molar-refractivity contribution in [1.29, 1.82) is 0 Å². The second-order valence-corrected chi connectivity index (χ2v) is 11.1. The van der Waals surface area contributed by atoms with Crippen LogP contribution >= 0.6 is 7.82 Å². The summed E-state index contributed by atoms with van der Waals surface area (Å²) in [4.78, 5) is 28.4. The third kappa shape index (κ3) is 6.62. The average molecular weight is 569 g/mol. The second-order valence-electron chi connectivity index (χ2n) is 9.45. The van der Waals surface area contributed by atoms with Crippen LogP contribution in [0.4, 0.5) is 14.6 Å². The van der Waals surface area contributed by atoms with Gasteiger partial charge in [0, 0.05) is 11.9 Å². The highest BCUT2D eigenvalue weighted by molar-refractivity contribution is 7.48. The van der Waals surface area contributed by atoms with E-state index in [0.29, 0.717) is 10.3 Å². The number of carbonyl (C=O) groups is 1. The Hall–Kier alpha value is -2.96. The van der Waals surface area contributed by atoms with Crippen LogP contribution in [0.5, 0.6) is 0 Å². The van der Waals surface area contributed by atoms with Crippen molar-refractivity contribution in [2.75, 3.05) is 18.5 Å². The molecule has 14 heteroatoms. The molecule has 1 aromatic carbocycles. The van der Waals surface area contributed by atoms with E-state index >= 15 is 8.78 Å². The first-order valence-corrected chi connectivity index (χ1v) is 13.8. The Morgan fingerprint density at radius 1 is 1.28 bits per heavy atom. The van der Waals surface area contributed by atoms with Crippen LogP contribution in [-0.4, -0.2) is 53.0 Å². The van der Waals surface area contributed by atoms with Gasteiger partial charge in [-0.2, -0.15) is 13.8 Å². The third-order valence-corrected chi connectivity index (χ3v) is 7.48. The van der Waals surface area contributed by atoms with E-state index in [1.165, 1.54) is 6.07 Å². The van der Waals surface area contributed by atoms with Gasteiger partial charge in [-0.05, 0) is 31.9 Å². The molecule has 11 nitrogen and oxygen atoms in total. The maximum absolute atomic E-state index is 15.4. The van der Waals surface area contributed by atoms with Gasteiger partial charge in [-0.25, -0.2) is 9.36 Å². The molecule has 0 saturated carbocycles. The summed E-state index contributed by atoms with van der Waals surface area (Å²) >= 11 is 0. The maximum atomic E-state index is 15.4. The smallest absolute Gasteiger partial charge is 0.463 e. The van der Waals surface area contributed by atoms with Gasteiger partial charge in [-0.1, -0.05) is 43.8 Å². The molecule has 39 heavy (non-hydrogen) atoms. The predicted molar refractivity (Wildman–Crippen MR) is 136 cm³/mol. The quantitative estimate of drug-likeness (QED) is 0.325. The van der Waals surface area contributed by atoms with Crippen molar-refractivity contribution < 1.29 is 41.2 Å². The first-order chi connectivity index (χ1) is 18.4. The summed E-state index contributed by atoms with van der Waals surface area (Å²) in [5.41, 5.74) is 0.208. The number of benzene rings is 1. The SMILES string of the molecule is C=C(Nc1ccn([C@@H]2O[C@@H]3COP(=O)(OCC[C@@H](C)C(=O)OC(C)C)O[C@H]3C2(F)F)c(=O)n1)c1ccccc1. The van der Waals surface area contributed by atoms with E-state index in [9.17, 15) is 14.2 Å². The number of esters is 1. The van der Waals surface area contributed by atoms with Gasteiger partial charge in [0.25, 0.3) is 0 Å². The minimum Gasteiger partial charge on any atom is -0.463 e. The number of hydrogen-bond donors (Lipinski definition) is 1. The zero-order valence-corrected chi connectivity index (χ0v) is 22.5. The number of halogens is 2. The fourth-order valence-electron chi connectivity index (χ4n) is 3.97. The van der Waals surface area contributed by atoms with Crippen LogP contribution in [0.1, 0.15) is 39.0 Å². The summed E-state index contributed by atoms with van der Waals surface area (Å²) < 4.78 is 70.2. The maximum Gasteiger partial charge on any atom is 0.475 e. The molecule has 2 fully saturated rings. The number of nitrogens with zero attached hydrogens (tertiary/aromatic N) is 2. The summed E-state index contributed by atoms with van der Waals surface area (Å²) in [6.45, 7) is 8.11. The Balaban J connectivity index is 1.40. The second kappa shape index (κ2) is 11.6. The van der Waals surface area contributed by atoms with Crippen LogP contribution in [0.3, 0.4) is 0 Å². The van der Waals surface area contributed by atoms with Crippen molar-refractivity contribution >= 4 is 25.3 Å². The highest BCUT2D eigenvalue weighted by Gasteiger charge is 2.65. The first kappa shape index (κ1) is 29.0. The molecule has 1 unspecified atom stereocenters. The van der Waals surface area contributed by atoms with Gasteiger partial charge < -0.3 is 14.8 Å². The zero-order chi connectivity index (χ0) is 28.4. The molecule has 212 valence electrons. The van der Waals surface area contributed by atoms with Crippen LogP contribution in [0.2, 0.25) is 0 Å². The van der Waals surface area contributed by atoms with Crippen LogP contribution in [0, 0.1) is 5.92 Å². The van der Waals surface area contributed by atoms with Crippen LogP contribution in [0.25, 0.3) is 5.70 Å². The molecule has 1 aromatic heterocycles. The molecule has 2 aromatic rings. The number of phosphoric acid groups is 1. The Kier molecular flexibility index (Phi) is 8.67. The molecule has 5 atom stereocenters. The molecule has 0 spiro atoms. The number of alkyl halides is 2. The van der Waals surface area contributed by atoms with Crippen LogP contribution in [0.15, 0.2) is 54.0 Å². The van der Waals surface area contributed by atoms with Crippen molar-refractivity contribution in [2.45, 2.75) is 57.7 Å². The first-order valence-electron chi connectivity index (χ1n) is 12.3. The van der Waals surface area contributed by atoms with Gasteiger partial charge >= 0.3 is 25.4 Å². The molecular weight excluding hydrogens is 539 g/mol. The summed E-state index contributed by atoms with van der Waals surface area (Å²) in [6.07, 6.45) is -4.50. The lowest BCUT2D eigenvalue weighted by Crippen LogP contribution is -2.45. The fourth-order valence-corrected chi connectivity index (χ4v) is 5.38. The number of aromatic nitrogens is 2. The van der Waals surface area contributed by atoms with Crippen molar-refractivity contribution in [2.24, 2.45) is 5.92 Å². The fraction of sp³-hybridized carbons (Fsp3) is 0.480. The molecule has 0 bridgehead atoms. The molecule has 2 aliphatic heterocycles. The molecule has 0 aliphatic carbocycles. The zero-order valence-electron chi connectivity index (χ0n) is 21.6. The largest absolute Gasteiger partial charge is 0.475 e. The molecule has 2 aliphatic rings. The van der Waals surface area contributed by atoms with Gasteiger partial charge in [-0.15, -0.1) is 0 Å². The van der Waals surface area contributed by atoms with E-state index in [2.05, 4.69) is 16.9 Å². The minimum absolute atomic E-state index is 0.101. The van der Waals surface area contributed by atoms with Gasteiger partial charge in [-0.3, -0.25) is 22.9 Å². The van der Waals surface area contributed by atoms with Crippen LogP contribution in [-0.2, 0) is 32.4 Å². The topological polar surface area (TPSA) is 127 Å². The molecule has 1 N–H and O–H groups in total. The summed E-state index contributed by atoms with van der Waals surface area (Å²) in [5.74, 6) is -4.73. The number of nitrogens with one attached hydrogen (secondary N) is 1. The lowest BCUT2D eigenvalue weighted by molar-refractivity contribution is -0.152. The van der Waals surface area contributed by atoms with Crippen molar-refractivity contribution in [1.82, 2.24) is 9.55 Å². The van der Waals surface area contributed by atoms with Gasteiger partial charge in [0.1, 0.15) is 11.9 Å². The number of ether oxygens (including phenoxy) is 2. The van der Waals surface area contributed by atoms with E-state index in [1.54, 1.807) is 32.9 Å². The van der Waals surface area contributed by atoms with E-state index in [4.69, 9.17) is 23.0 Å². The van der Waals surface area contributed by atoms with Crippen LogP contribution < -0.4 is 11.0 Å². The van der Waals surface area contributed by atoms with Crippen molar-refractivity contribution in [3.63, 3.8) is 0 Å². The summed E-state index contributed by atoms with van der Waals surface area (Å²) in [5, 5.41) is 2.87. The van der Waals surface area contributed by atoms with E-state index < -0.39 is 56.4 Å². The highest BCUT2D eigenvalue weighted by atomic mass is 31.2. The third-order valence-electron chi connectivity index (χ3n) is 6.03. The molecule has 0 amide bonds. The number of carbonyl (C=O) groups excluding carboxylic acids is 1. The molecule has 0 radical (unpaired) electrons. The van der Waals surface area contributed by atoms with Gasteiger partial charge in [0.2, 0.25) is 6.23 Å². The number of hydrogen-bond acceptors (Lipinski definition) is 10. The summed E-state index contributed by atoms with van der Waals surface area (Å²) in [6, 6.07) is 10.4.